The molecule has 2 unspecified atom stereocenters. The second-order valence-electron chi connectivity index (χ2n) is 6.04. The molecule has 1 N–H and O–H groups in total. The number of rotatable bonds is 5. The van der Waals surface area contributed by atoms with Crippen molar-refractivity contribution in [2.45, 2.75) is 58.0 Å². The maximum atomic E-state index is 12.3. The first kappa shape index (κ1) is 14.8. The molecule has 1 amide bonds. The number of amides is 1. The lowest BCUT2D eigenvalue weighted by Gasteiger charge is -2.38. The minimum atomic E-state index is 0.296. The molecule has 0 spiro atoms. The van der Waals surface area contributed by atoms with Gasteiger partial charge in [-0.25, -0.2) is 0 Å². The maximum absolute atomic E-state index is 12.3. The van der Waals surface area contributed by atoms with E-state index >= 15 is 0 Å². The van der Waals surface area contributed by atoms with Gasteiger partial charge in [0.2, 0.25) is 5.91 Å². The Morgan fingerprint density at radius 1 is 1.26 bits per heavy atom. The summed E-state index contributed by atoms with van der Waals surface area (Å²) in [5, 5.41) is 3.32. The summed E-state index contributed by atoms with van der Waals surface area (Å²) in [6.07, 6.45) is 5.75. The minimum Gasteiger partial charge on any atom is -0.341 e. The quantitative estimate of drug-likeness (QED) is 0.819. The molecule has 2 aliphatic heterocycles. The molecular formula is C15H29N3O. The van der Waals surface area contributed by atoms with E-state index in [2.05, 4.69) is 29.0 Å². The Morgan fingerprint density at radius 3 is 2.68 bits per heavy atom. The number of piperidine rings is 1. The number of hydrogen-bond donors (Lipinski definition) is 1. The van der Waals surface area contributed by atoms with Crippen LogP contribution in [0.15, 0.2) is 0 Å². The van der Waals surface area contributed by atoms with Gasteiger partial charge in [-0.05, 0) is 52.2 Å². The number of nitrogens with one attached hydrogen (secondary N) is 1. The zero-order valence-corrected chi connectivity index (χ0v) is 12.5. The Labute approximate surface area is 117 Å². The molecule has 2 saturated heterocycles. The van der Waals surface area contributed by atoms with E-state index < -0.39 is 0 Å². The van der Waals surface area contributed by atoms with Crippen LogP contribution in [0.1, 0.15) is 46.0 Å². The van der Waals surface area contributed by atoms with Crippen molar-refractivity contribution in [1.82, 2.24) is 15.1 Å². The van der Waals surface area contributed by atoms with Crippen molar-refractivity contribution < 1.29 is 4.79 Å². The molecule has 0 saturated carbocycles. The molecule has 0 aromatic rings. The molecule has 4 nitrogen and oxygen atoms in total. The summed E-state index contributed by atoms with van der Waals surface area (Å²) < 4.78 is 0. The van der Waals surface area contributed by atoms with Crippen LogP contribution in [0.25, 0.3) is 0 Å². The highest BCUT2D eigenvalue weighted by atomic mass is 16.2. The first-order chi connectivity index (χ1) is 9.20. The molecule has 0 bridgehead atoms. The van der Waals surface area contributed by atoms with E-state index in [-0.39, 0.29) is 0 Å². The largest absolute Gasteiger partial charge is 0.341 e. The number of carbonyl (C=O) groups is 1. The second-order valence-corrected chi connectivity index (χ2v) is 6.04. The normalized spacial score (nSPS) is 26.6. The predicted octanol–water partition coefficient (Wildman–Crippen LogP) is 1.46. The Balaban J connectivity index is 1.80. The fourth-order valence-corrected chi connectivity index (χ4v) is 3.40. The number of hydrogen-bond acceptors (Lipinski definition) is 3. The van der Waals surface area contributed by atoms with Crippen LogP contribution < -0.4 is 5.32 Å². The molecule has 2 atom stereocenters. The van der Waals surface area contributed by atoms with Crippen LogP contribution in [0, 0.1) is 0 Å². The summed E-state index contributed by atoms with van der Waals surface area (Å²) in [6, 6.07) is 0.916. The van der Waals surface area contributed by atoms with Gasteiger partial charge in [0.25, 0.3) is 0 Å². The van der Waals surface area contributed by atoms with Crippen molar-refractivity contribution in [2.75, 3.05) is 32.7 Å². The molecule has 2 fully saturated rings. The van der Waals surface area contributed by atoms with Gasteiger partial charge in [-0.2, -0.15) is 0 Å². The van der Waals surface area contributed by atoms with Gasteiger partial charge in [-0.15, -0.1) is 0 Å². The molecule has 0 aromatic carbocycles. The average Bonchev–Trinajstić information content (AvgIpc) is 2.93. The summed E-state index contributed by atoms with van der Waals surface area (Å²) in [7, 11) is 0. The molecular weight excluding hydrogens is 238 g/mol. The summed E-state index contributed by atoms with van der Waals surface area (Å²) in [5.74, 6) is 0.331. The molecule has 0 aromatic heterocycles. The van der Waals surface area contributed by atoms with Gasteiger partial charge in [0.15, 0.2) is 0 Å². The lowest BCUT2D eigenvalue weighted by Crippen LogP contribution is -2.49. The lowest BCUT2D eigenvalue weighted by molar-refractivity contribution is -0.133. The predicted molar refractivity (Wildman–Crippen MR) is 78.2 cm³/mol. The van der Waals surface area contributed by atoms with Crippen LogP contribution >= 0.6 is 0 Å². The molecule has 0 radical (unpaired) electrons. The Kier molecular flexibility index (Phi) is 5.64. The fourth-order valence-electron chi connectivity index (χ4n) is 3.40. The van der Waals surface area contributed by atoms with E-state index in [1.807, 2.05) is 0 Å². The molecule has 110 valence electrons. The minimum absolute atomic E-state index is 0.296. The lowest BCUT2D eigenvalue weighted by atomic mass is 10.0. The topological polar surface area (TPSA) is 35.6 Å². The van der Waals surface area contributed by atoms with Crippen LogP contribution in [0.2, 0.25) is 0 Å². The van der Waals surface area contributed by atoms with E-state index in [0.29, 0.717) is 24.4 Å². The van der Waals surface area contributed by atoms with Crippen molar-refractivity contribution in [3.05, 3.63) is 0 Å². The van der Waals surface area contributed by atoms with E-state index in [1.165, 1.54) is 38.8 Å². The van der Waals surface area contributed by atoms with Gasteiger partial charge in [0, 0.05) is 31.6 Å². The third-order valence-electron chi connectivity index (χ3n) is 4.44. The highest BCUT2D eigenvalue weighted by molar-refractivity contribution is 5.76. The molecule has 2 aliphatic rings. The molecule has 2 rings (SSSR count). The fraction of sp³-hybridized carbons (Fsp3) is 0.933. The van der Waals surface area contributed by atoms with E-state index in [9.17, 15) is 4.79 Å². The summed E-state index contributed by atoms with van der Waals surface area (Å²) in [6.45, 7) is 9.51. The zero-order valence-electron chi connectivity index (χ0n) is 12.5. The van der Waals surface area contributed by atoms with Crippen LogP contribution in [-0.4, -0.2) is 60.5 Å². The summed E-state index contributed by atoms with van der Waals surface area (Å²) >= 11 is 0. The Bertz CT molecular complexity index is 289. The average molecular weight is 267 g/mol. The second kappa shape index (κ2) is 7.25. The van der Waals surface area contributed by atoms with Crippen LogP contribution in [0.5, 0.6) is 0 Å². The highest BCUT2D eigenvalue weighted by Crippen LogP contribution is 2.21. The first-order valence-corrected chi connectivity index (χ1v) is 7.96. The third-order valence-corrected chi connectivity index (χ3v) is 4.44. The van der Waals surface area contributed by atoms with Crippen LogP contribution in [-0.2, 0) is 4.79 Å². The third kappa shape index (κ3) is 4.18. The van der Waals surface area contributed by atoms with E-state index in [1.54, 1.807) is 0 Å². The monoisotopic (exact) mass is 267 g/mol. The van der Waals surface area contributed by atoms with Crippen molar-refractivity contribution in [3.8, 4) is 0 Å². The van der Waals surface area contributed by atoms with Gasteiger partial charge < -0.3 is 10.2 Å². The maximum Gasteiger partial charge on any atom is 0.224 e. The Hall–Kier alpha value is -0.610. The zero-order chi connectivity index (χ0) is 13.7. The van der Waals surface area contributed by atoms with Gasteiger partial charge in [-0.3, -0.25) is 9.69 Å². The molecule has 19 heavy (non-hydrogen) atoms. The van der Waals surface area contributed by atoms with Crippen LogP contribution in [0.4, 0.5) is 0 Å². The van der Waals surface area contributed by atoms with Crippen molar-refractivity contribution in [1.29, 1.82) is 0 Å². The highest BCUT2D eigenvalue weighted by Gasteiger charge is 2.29. The van der Waals surface area contributed by atoms with Crippen molar-refractivity contribution in [3.63, 3.8) is 0 Å². The molecule has 2 heterocycles. The smallest absolute Gasteiger partial charge is 0.224 e. The number of nitrogens with zero attached hydrogens (tertiary/aromatic N) is 2. The van der Waals surface area contributed by atoms with Gasteiger partial charge >= 0.3 is 0 Å². The molecule has 4 heteroatoms. The molecule has 0 aliphatic carbocycles. The first-order valence-electron chi connectivity index (χ1n) is 7.96. The number of likely N-dealkylation sites (tertiary alicyclic amines) is 2. The van der Waals surface area contributed by atoms with Gasteiger partial charge in [-0.1, -0.05) is 6.92 Å². The van der Waals surface area contributed by atoms with E-state index in [4.69, 9.17) is 0 Å². The van der Waals surface area contributed by atoms with Crippen molar-refractivity contribution >= 4 is 5.91 Å². The van der Waals surface area contributed by atoms with E-state index in [0.717, 1.165) is 19.6 Å². The number of carbonyl (C=O) groups excluding carboxylic acids is 1. The summed E-state index contributed by atoms with van der Waals surface area (Å²) in [5.41, 5.74) is 0. The summed E-state index contributed by atoms with van der Waals surface area (Å²) in [4.78, 5) is 17.0. The van der Waals surface area contributed by atoms with Gasteiger partial charge in [0.05, 0.1) is 0 Å². The van der Waals surface area contributed by atoms with Crippen molar-refractivity contribution in [2.24, 2.45) is 0 Å². The van der Waals surface area contributed by atoms with Crippen LogP contribution in [0.3, 0.4) is 0 Å². The Morgan fingerprint density at radius 2 is 2.00 bits per heavy atom. The van der Waals surface area contributed by atoms with Gasteiger partial charge in [0.1, 0.15) is 0 Å². The standard InChI is InChI=1S/C15H29N3O/c1-3-16-13(2)11-15(19)18-10-6-7-14(12-18)17-8-4-5-9-17/h13-14,16H,3-12H2,1-2H3. The SMILES string of the molecule is CCNC(C)CC(=O)N1CCCC(N2CCCC2)C1.